The van der Waals surface area contributed by atoms with Crippen molar-refractivity contribution in [1.82, 2.24) is 5.32 Å². The van der Waals surface area contributed by atoms with Crippen LogP contribution in [0.5, 0.6) is 0 Å². The highest BCUT2D eigenvalue weighted by atomic mass is 32.2. The zero-order chi connectivity index (χ0) is 15.2. The standard InChI is InChI=1S/C16H22N2O2S/c1-11(19)17-15(12-5-3-4-6-12)16(20)18-13-7-9-14(21-2)10-8-13/h7-10,12,15H,3-6H2,1-2H3,(H,17,19)(H,18,20). The molecule has 1 aromatic rings. The Labute approximate surface area is 130 Å². The molecule has 2 N–H and O–H groups in total. The lowest BCUT2D eigenvalue weighted by atomic mass is 9.97. The molecule has 1 aromatic carbocycles. The Kier molecular flexibility index (Phi) is 5.67. The predicted octanol–water partition coefficient (Wildman–Crippen LogP) is 3.04. The van der Waals surface area contributed by atoms with E-state index in [1.54, 1.807) is 11.8 Å². The van der Waals surface area contributed by atoms with Crippen LogP contribution in [0.3, 0.4) is 0 Å². The van der Waals surface area contributed by atoms with Gasteiger partial charge >= 0.3 is 0 Å². The van der Waals surface area contributed by atoms with Crippen molar-refractivity contribution < 1.29 is 9.59 Å². The van der Waals surface area contributed by atoms with Crippen LogP contribution >= 0.6 is 11.8 Å². The number of amides is 2. The monoisotopic (exact) mass is 306 g/mol. The van der Waals surface area contributed by atoms with Crippen molar-refractivity contribution in [2.24, 2.45) is 5.92 Å². The Morgan fingerprint density at radius 1 is 1.19 bits per heavy atom. The summed E-state index contributed by atoms with van der Waals surface area (Å²) in [5.74, 6) is -0.0202. The zero-order valence-corrected chi connectivity index (χ0v) is 13.3. The van der Waals surface area contributed by atoms with Crippen LogP contribution in [0.25, 0.3) is 0 Å². The molecular formula is C16H22N2O2S. The Balaban J connectivity index is 2.04. The molecule has 2 rings (SSSR count). The van der Waals surface area contributed by atoms with Gasteiger partial charge in [0.05, 0.1) is 0 Å². The minimum Gasteiger partial charge on any atom is -0.344 e. The highest BCUT2D eigenvalue weighted by Gasteiger charge is 2.31. The van der Waals surface area contributed by atoms with Crippen LogP contribution in [0.15, 0.2) is 29.2 Å². The summed E-state index contributed by atoms with van der Waals surface area (Å²) in [6, 6.07) is 7.31. The third-order valence-electron chi connectivity index (χ3n) is 3.87. The molecule has 0 heterocycles. The molecule has 0 spiro atoms. The van der Waals surface area contributed by atoms with Gasteiger partial charge in [0, 0.05) is 17.5 Å². The molecular weight excluding hydrogens is 284 g/mol. The van der Waals surface area contributed by atoms with E-state index in [9.17, 15) is 9.59 Å². The molecule has 0 saturated heterocycles. The number of hydrogen-bond donors (Lipinski definition) is 2. The van der Waals surface area contributed by atoms with Gasteiger partial charge in [0.1, 0.15) is 6.04 Å². The van der Waals surface area contributed by atoms with Crippen molar-refractivity contribution in [1.29, 1.82) is 0 Å². The summed E-state index contributed by atoms with van der Waals surface area (Å²) < 4.78 is 0. The molecule has 0 radical (unpaired) electrons. The van der Waals surface area contributed by atoms with Gasteiger partial charge in [-0.2, -0.15) is 0 Å². The van der Waals surface area contributed by atoms with Gasteiger partial charge in [-0.15, -0.1) is 11.8 Å². The number of anilines is 1. The van der Waals surface area contributed by atoms with E-state index in [-0.39, 0.29) is 17.7 Å². The molecule has 4 nitrogen and oxygen atoms in total. The molecule has 114 valence electrons. The maximum atomic E-state index is 12.5. The van der Waals surface area contributed by atoms with Gasteiger partial charge < -0.3 is 10.6 Å². The number of benzene rings is 1. The summed E-state index contributed by atoms with van der Waals surface area (Å²) in [4.78, 5) is 25.0. The lowest BCUT2D eigenvalue weighted by molar-refractivity contribution is -0.126. The first kappa shape index (κ1) is 15.9. The maximum absolute atomic E-state index is 12.5. The van der Waals surface area contributed by atoms with E-state index in [0.717, 1.165) is 36.3 Å². The number of thioether (sulfide) groups is 1. The van der Waals surface area contributed by atoms with Gasteiger partial charge in [-0.3, -0.25) is 9.59 Å². The first-order valence-electron chi connectivity index (χ1n) is 7.32. The van der Waals surface area contributed by atoms with Crippen LogP contribution < -0.4 is 10.6 Å². The third kappa shape index (κ3) is 4.49. The van der Waals surface area contributed by atoms with Crippen LogP contribution in [0.4, 0.5) is 5.69 Å². The fraction of sp³-hybridized carbons (Fsp3) is 0.500. The van der Waals surface area contributed by atoms with E-state index in [1.807, 2.05) is 30.5 Å². The summed E-state index contributed by atoms with van der Waals surface area (Å²) in [7, 11) is 0. The molecule has 5 heteroatoms. The summed E-state index contributed by atoms with van der Waals surface area (Å²) >= 11 is 1.66. The van der Waals surface area contributed by atoms with Crippen molar-refractivity contribution in [3.63, 3.8) is 0 Å². The molecule has 1 atom stereocenters. The number of hydrogen-bond acceptors (Lipinski definition) is 3. The maximum Gasteiger partial charge on any atom is 0.247 e. The highest BCUT2D eigenvalue weighted by molar-refractivity contribution is 7.98. The van der Waals surface area contributed by atoms with Crippen molar-refractivity contribution in [3.05, 3.63) is 24.3 Å². The Morgan fingerprint density at radius 2 is 1.81 bits per heavy atom. The largest absolute Gasteiger partial charge is 0.344 e. The highest BCUT2D eigenvalue weighted by Crippen LogP contribution is 2.28. The smallest absolute Gasteiger partial charge is 0.247 e. The summed E-state index contributed by atoms with van der Waals surface area (Å²) in [6.45, 7) is 1.46. The molecule has 1 aliphatic rings. The normalized spacial score (nSPS) is 16.5. The Morgan fingerprint density at radius 3 is 2.33 bits per heavy atom. The molecule has 0 aromatic heterocycles. The van der Waals surface area contributed by atoms with Crippen LogP contribution in [-0.4, -0.2) is 24.1 Å². The number of carbonyl (C=O) groups is 2. The molecule has 21 heavy (non-hydrogen) atoms. The number of carbonyl (C=O) groups excluding carboxylic acids is 2. The van der Waals surface area contributed by atoms with Gasteiger partial charge in [-0.1, -0.05) is 12.8 Å². The van der Waals surface area contributed by atoms with E-state index in [0.29, 0.717) is 0 Å². The predicted molar refractivity (Wildman–Crippen MR) is 86.4 cm³/mol. The Bertz CT molecular complexity index is 496. The molecule has 2 amide bonds. The van der Waals surface area contributed by atoms with E-state index >= 15 is 0 Å². The van der Waals surface area contributed by atoms with Gasteiger partial charge in [0.2, 0.25) is 11.8 Å². The van der Waals surface area contributed by atoms with Crippen molar-refractivity contribution in [3.8, 4) is 0 Å². The first-order chi connectivity index (χ1) is 10.1. The second-order valence-corrected chi connectivity index (χ2v) is 6.32. The lowest BCUT2D eigenvalue weighted by Crippen LogP contribution is -2.47. The first-order valence-corrected chi connectivity index (χ1v) is 8.54. The average molecular weight is 306 g/mol. The van der Waals surface area contributed by atoms with Gasteiger partial charge in [0.15, 0.2) is 0 Å². The van der Waals surface area contributed by atoms with Crippen LogP contribution in [0.2, 0.25) is 0 Å². The Hall–Kier alpha value is -1.49. The van der Waals surface area contributed by atoms with Crippen LogP contribution in [0.1, 0.15) is 32.6 Å². The lowest BCUT2D eigenvalue weighted by Gasteiger charge is -2.23. The molecule has 0 aliphatic heterocycles. The molecule has 0 bridgehead atoms. The second-order valence-electron chi connectivity index (χ2n) is 5.44. The average Bonchev–Trinajstić information content (AvgIpc) is 2.99. The minimum absolute atomic E-state index is 0.117. The summed E-state index contributed by atoms with van der Waals surface area (Å²) in [6.07, 6.45) is 6.29. The molecule has 1 fully saturated rings. The fourth-order valence-corrected chi connectivity index (χ4v) is 3.21. The van der Waals surface area contributed by atoms with Crippen molar-refractivity contribution in [2.45, 2.75) is 43.5 Å². The number of nitrogens with one attached hydrogen (secondary N) is 2. The fourth-order valence-electron chi connectivity index (χ4n) is 2.80. The molecule has 1 unspecified atom stereocenters. The quantitative estimate of drug-likeness (QED) is 0.822. The number of rotatable bonds is 5. The van der Waals surface area contributed by atoms with Crippen LogP contribution in [0, 0.1) is 5.92 Å². The van der Waals surface area contributed by atoms with E-state index in [4.69, 9.17) is 0 Å². The topological polar surface area (TPSA) is 58.2 Å². The van der Waals surface area contributed by atoms with E-state index < -0.39 is 6.04 Å². The minimum atomic E-state index is -0.426. The van der Waals surface area contributed by atoms with E-state index in [2.05, 4.69) is 10.6 Å². The van der Waals surface area contributed by atoms with Gasteiger partial charge in [-0.05, 0) is 49.3 Å². The van der Waals surface area contributed by atoms with Crippen LogP contribution in [-0.2, 0) is 9.59 Å². The van der Waals surface area contributed by atoms with E-state index in [1.165, 1.54) is 6.92 Å². The zero-order valence-electron chi connectivity index (χ0n) is 12.5. The third-order valence-corrected chi connectivity index (χ3v) is 4.61. The van der Waals surface area contributed by atoms with Crippen molar-refractivity contribution in [2.75, 3.05) is 11.6 Å². The summed E-state index contributed by atoms with van der Waals surface area (Å²) in [5, 5.41) is 5.72. The van der Waals surface area contributed by atoms with Gasteiger partial charge in [0.25, 0.3) is 0 Å². The second kappa shape index (κ2) is 7.50. The molecule has 1 aliphatic carbocycles. The summed E-state index contributed by atoms with van der Waals surface area (Å²) in [5.41, 5.74) is 0.770. The SMILES string of the molecule is CSc1ccc(NC(=O)C(NC(C)=O)C2CCCC2)cc1. The van der Waals surface area contributed by atoms with Gasteiger partial charge in [-0.25, -0.2) is 0 Å². The van der Waals surface area contributed by atoms with Crippen molar-refractivity contribution >= 4 is 29.3 Å². The molecule has 1 saturated carbocycles.